The maximum Gasteiger partial charge on any atom is 0.137 e. The summed E-state index contributed by atoms with van der Waals surface area (Å²) in [6, 6.07) is 8.17. The minimum atomic E-state index is 0.575. The minimum absolute atomic E-state index is 0.575. The molecule has 3 N–H and O–H groups in total. The molecule has 1 aliphatic rings. The Balaban J connectivity index is 1.68. The minimum Gasteiger partial charge on any atom is -0.368 e. The van der Waals surface area contributed by atoms with Crippen LogP contribution in [0.3, 0.4) is 0 Å². The molecule has 0 saturated carbocycles. The molecule has 2 aromatic rings. The number of hydrogen-bond donors (Lipinski definition) is 2. The van der Waals surface area contributed by atoms with Gasteiger partial charge in [0.05, 0.1) is 5.52 Å². The van der Waals surface area contributed by atoms with Crippen molar-refractivity contribution in [3.63, 3.8) is 0 Å². The fourth-order valence-corrected chi connectivity index (χ4v) is 3.19. The molecule has 0 unspecified atom stereocenters. The first-order valence-corrected chi connectivity index (χ1v) is 8.79. The number of hydrogen-bond acceptors (Lipinski definition) is 5. The molecule has 3 rings (SSSR count). The van der Waals surface area contributed by atoms with Crippen LogP contribution in [0.4, 0.5) is 5.82 Å². The maximum absolute atomic E-state index is 5.66. The lowest BCUT2D eigenvalue weighted by Gasteiger charge is -2.20. The van der Waals surface area contributed by atoms with Crippen LogP contribution in [-0.4, -0.2) is 47.6 Å². The van der Waals surface area contributed by atoms with Crippen LogP contribution in [-0.2, 0) is 6.42 Å². The predicted molar refractivity (Wildman–Crippen MR) is 95.7 cm³/mol. The van der Waals surface area contributed by atoms with E-state index in [1.807, 2.05) is 18.2 Å². The number of likely N-dealkylation sites (tertiary alicyclic amines) is 1. The third-order valence-corrected chi connectivity index (χ3v) is 4.44. The van der Waals surface area contributed by atoms with Crippen LogP contribution in [0.5, 0.6) is 0 Å². The van der Waals surface area contributed by atoms with Crippen LogP contribution in [0.1, 0.15) is 31.5 Å². The van der Waals surface area contributed by atoms with E-state index in [0.717, 1.165) is 35.6 Å². The molecule has 5 nitrogen and oxygen atoms in total. The molecule has 0 bridgehead atoms. The van der Waals surface area contributed by atoms with Crippen LogP contribution in [0, 0.1) is 0 Å². The largest absolute Gasteiger partial charge is 0.368 e. The smallest absolute Gasteiger partial charge is 0.137 e. The zero-order valence-electron chi connectivity index (χ0n) is 13.8. The van der Waals surface area contributed by atoms with Crippen molar-refractivity contribution in [2.45, 2.75) is 32.1 Å². The Morgan fingerprint density at radius 1 is 1.04 bits per heavy atom. The van der Waals surface area contributed by atoms with Gasteiger partial charge in [-0.05, 0) is 44.6 Å². The number of anilines is 1. The first-order valence-electron chi connectivity index (χ1n) is 8.79. The van der Waals surface area contributed by atoms with E-state index >= 15 is 0 Å². The Kier molecular flexibility index (Phi) is 5.77. The predicted octanol–water partition coefficient (Wildman–Crippen LogP) is 2.42. The van der Waals surface area contributed by atoms with E-state index in [0.29, 0.717) is 13.0 Å². The van der Waals surface area contributed by atoms with E-state index in [1.54, 1.807) is 0 Å². The number of nitrogens with zero attached hydrogens (tertiary/aromatic N) is 3. The van der Waals surface area contributed by atoms with Crippen LogP contribution in [0.15, 0.2) is 24.3 Å². The van der Waals surface area contributed by atoms with Gasteiger partial charge in [0.1, 0.15) is 11.6 Å². The number of aromatic nitrogens is 2. The fourth-order valence-electron chi connectivity index (χ4n) is 3.19. The van der Waals surface area contributed by atoms with Crippen molar-refractivity contribution >= 4 is 16.7 Å². The Hall–Kier alpha value is -1.72. The van der Waals surface area contributed by atoms with Crippen molar-refractivity contribution in [3.8, 4) is 0 Å². The number of benzene rings is 1. The van der Waals surface area contributed by atoms with Crippen LogP contribution >= 0.6 is 0 Å². The second-order valence-electron chi connectivity index (χ2n) is 6.23. The molecule has 124 valence electrons. The molecule has 0 spiro atoms. The van der Waals surface area contributed by atoms with Gasteiger partial charge in [-0.3, -0.25) is 0 Å². The van der Waals surface area contributed by atoms with Crippen molar-refractivity contribution in [2.75, 3.05) is 38.0 Å². The second-order valence-corrected chi connectivity index (χ2v) is 6.23. The van der Waals surface area contributed by atoms with Gasteiger partial charge in [0.2, 0.25) is 0 Å². The molecule has 2 heterocycles. The summed E-state index contributed by atoms with van der Waals surface area (Å²) < 4.78 is 0. The van der Waals surface area contributed by atoms with Crippen LogP contribution < -0.4 is 11.1 Å². The zero-order valence-corrected chi connectivity index (χ0v) is 13.8. The Morgan fingerprint density at radius 3 is 2.61 bits per heavy atom. The number of para-hydroxylation sites is 1. The Labute approximate surface area is 138 Å². The van der Waals surface area contributed by atoms with Crippen molar-refractivity contribution < 1.29 is 0 Å². The molecule has 0 aliphatic carbocycles. The molecule has 23 heavy (non-hydrogen) atoms. The summed E-state index contributed by atoms with van der Waals surface area (Å²) in [7, 11) is 0. The Bertz CT molecular complexity index is 620. The van der Waals surface area contributed by atoms with Gasteiger partial charge >= 0.3 is 0 Å². The van der Waals surface area contributed by atoms with Gasteiger partial charge in [0.25, 0.3) is 0 Å². The highest BCUT2D eigenvalue weighted by Gasteiger charge is 2.10. The van der Waals surface area contributed by atoms with E-state index in [1.165, 1.54) is 38.8 Å². The molecule has 0 radical (unpaired) electrons. The Morgan fingerprint density at radius 2 is 1.83 bits per heavy atom. The van der Waals surface area contributed by atoms with Gasteiger partial charge in [0, 0.05) is 24.9 Å². The van der Waals surface area contributed by atoms with Crippen molar-refractivity contribution in [3.05, 3.63) is 30.1 Å². The molecule has 0 amide bonds. The van der Waals surface area contributed by atoms with Gasteiger partial charge in [-0.15, -0.1) is 0 Å². The van der Waals surface area contributed by atoms with Crippen molar-refractivity contribution in [2.24, 2.45) is 5.73 Å². The first-order chi connectivity index (χ1) is 11.4. The van der Waals surface area contributed by atoms with Gasteiger partial charge in [0.15, 0.2) is 0 Å². The highest BCUT2D eigenvalue weighted by Crippen LogP contribution is 2.20. The molecule has 1 aromatic carbocycles. The van der Waals surface area contributed by atoms with Crippen molar-refractivity contribution in [1.29, 1.82) is 0 Å². The van der Waals surface area contributed by atoms with Gasteiger partial charge in [-0.2, -0.15) is 0 Å². The summed E-state index contributed by atoms with van der Waals surface area (Å²) in [6.45, 7) is 5.02. The lowest BCUT2D eigenvalue weighted by atomic mass is 10.2. The summed E-state index contributed by atoms with van der Waals surface area (Å²) in [6.07, 6.45) is 6.13. The highest BCUT2D eigenvalue weighted by atomic mass is 15.1. The number of rotatable bonds is 6. The normalized spacial score (nSPS) is 16.4. The van der Waals surface area contributed by atoms with Gasteiger partial charge in [-0.1, -0.05) is 25.0 Å². The molecular formula is C18H27N5. The molecule has 1 saturated heterocycles. The second kappa shape index (κ2) is 8.22. The summed E-state index contributed by atoms with van der Waals surface area (Å²) >= 11 is 0. The number of nitrogens with one attached hydrogen (secondary N) is 1. The molecule has 1 aromatic heterocycles. The van der Waals surface area contributed by atoms with E-state index < -0.39 is 0 Å². The van der Waals surface area contributed by atoms with E-state index in [2.05, 4.69) is 26.3 Å². The van der Waals surface area contributed by atoms with E-state index in [4.69, 9.17) is 5.73 Å². The lowest BCUT2D eigenvalue weighted by molar-refractivity contribution is 0.296. The molecule has 1 aliphatic heterocycles. The highest BCUT2D eigenvalue weighted by molar-refractivity contribution is 5.88. The summed E-state index contributed by atoms with van der Waals surface area (Å²) in [5.74, 6) is 1.76. The topological polar surface area (TPSA) is 67.1 Å². The van der Waals surface area contributed by atoms with E-state index in [-0.39, 0.29) is 0 Å². The van der Waals surface area contributed by atoms with Gasteiger partial charge < -0.3 is 16.0 Å². The monoisotopic (exact) mass is 313 g/mol. The summed E-state index contributed by atoms with van der Waals surface area (Å²) in [5, 5.41) is 4.61. The SMILES string of the molecule is NCCc1nc(NCCN2CCCCCC2)c2ccccc2n1. The summed E-state index contributed by atoms with van der Waals surface area (Å²) in [4.78, 5) is 11.8. The average molecular weight is 313 g/mol. The van der Waals surface area contributed by atoms with Crippen molar-refractivity contribution in [1.82, 2.24) is 14.9 Å². The fraction of sp³-hybridized carbons (Fsp3) is 0.556. The standard InChI is InChI=1S/C18H27N5/c19-10-9-17-21-16-8-4-3-7-15(16)18(22-17)20-11-14-23-12-5-1-2-6-13-23/h3-4,7-8H,1-2,5-6,9-14,19H2,(H,20,21,22). The number of nitrogens with two attached hydrogens (primary N) is 1. The lowest BCUT2D eigenvalue weighted by Crippen LogP contribution is -2.30. The van der Waals surface area contributed by atoms with Crippen LogP contribution in [0.2, 0.25) is 0 Å². The van der Waals surface area contributed by atoms with Gasteiger partial charge in [-0.25, -0.2) is 9.97 Å². The van der Waals surface area contributed by atoms with E-state index in [9.17, 15) is 0 Å². The molecule has 5 heteroatoms. The molecule has 0 atom stereocenters. The zero-order chi connectivity index (χ0) is 15.9. The maximum atomic E-state index is 5.66. The molecule has 1 fully saturated rings. The first kappa shape index (κ1) is 16.1. The molecular weight excluding hydrogens is 286 g/mol. The summed E-state index contributed by atoms with van der Waals surface area (Å²) in [5.41, 5.74) is 6.65. The van der Waals surface area contributed by atoms with Crippen LogP contribution in [0.25, 0.3) is 10.9 Å². The average Bonchev–Trinajstić information content (AvgIpc) is 2.84. The third-order valence-electron chi connectivity index (χ3n) is 4.44. The number of fused-ring (bicyclic) bond motifs is 1. The quantitative estimate of drug-likeness (QED) is 0.857. The third kappa shape index (κ3) is 4.39.